The zero-order valence-electron chi connectivity index (χ0n) is 12.9. The number of amides is 1. The zero-order chi connectivity index (χ0) is 16.6. The average Bonchev–Trinajstić information content (AvgIpc) is 2.93. The number of nitrogens with zero attached hydrogens (tertiary/aromatic N) is 3. The molecule has 0 aromatic carbocycles. The minimum Gasteiger partial charge on any atom is -0.478 e. The Kier molecular flexibility index (Phi) is 4.12. The van der Waals surface area contributed by atoms with Crippen molar-refractivity contribution in [3.63, 3.8) is 0 Å². The van der Waals surface area contributed by atoms with Crippen LogP contribution >= 0.6 is 11.3 Å². The quantitative estimate of drug-likeness (QED) is 0.935. The first-order valence-corrected chi connectivity index (χ1v) is 8.21. The maximum absolute atomic E-state index is 12.7. The molecule has 0 saturated carbocycles. The Balaban J connectivity index is 1.89. The second-order valence-electron chi connectivity index (χ2n) is 5.60. The lowest BCUT2D eigenvalue weighted by Gasteiger charge is -2.30. The summed E-state index contributed by atoms with van der Waals surface area (Å²) in [6.45, 7) is 1.97. The van der Waals surface area contributed by atoms with Crippen molar-refractivity contribution in [2.45, 2.75) is 32.2 Å². The van der Waals surface area contributed by atoms with E-state index in [-0.39, 0.29) is 23.2 Å². The molecule has 1 amide bonds. The van der Waals surface area contributed by atoms with Crippen LogP contribution in [-0.4, -0.2) is 38.9 Å². The largest absolute Gasteiger partial charge is 0.478 e. The molecule has 23 heavy (non-hydrogen) atoms. The van der Waals surface area contributed by atoms with Gasteiger partial charge in [0.2, 0.25) is 0 Å². The lowest BCUT2D eigenvalue weighted by Crippen LogP contribution is -2.33. The fourth-order valence-electron chi connectivity index (χ4n) is 2.89. The van der Waals surface area contributed by atoms with E-state index in [2.05, 4.69) is 9.97 Å². The number of aryl methyl sites for hydroxylation is 2. The molecule has 0 radical (unpaired) electrons. The molecule has 2 aromatic rings. The van der Waals surface area contributed by atoms with E-state index >= 15 is 0 Å². The van der Waals surface area contributed by atoms with Crippen LogP contribution in [0.15, 0.2) is 18.3 Å². The van der Waals surface area contributed by atoms with Crippen molar-refractivity contribution in [3.8, 4) is 0 Å². The van der Waals surface area contributed by atoms with Crippen molar-refractivity contribution >= 4 is 23.2 Å². The van der Waals surface area contributed by atoms with Crippen LogP contribution in [-0.2, 0) is 6.42 Å². The lowest BCUT2D eigenvalue weighted by atomic mass is 9.96. The third kappa shape index (κ3) is 2.96. The van der Waals surface area contributed by atoms with Crippen LogP contribution in [0.3, 0.4) is 0 Å². The molecule has 1 aliphatic carbocycles. The summed E-state index contributed by atoms with van der Waals surface area (Å²) in [7, 11) is 1.74. The zero-order valence-corrected chi connectivity index (χ0v) is 13.8. The number of hydrogen-bond donors (Lipinski definition) is 1. The van der Waals surface area contributed by atoms with Gasteiger partial charge in [0.25, 0.3) is 5.91 Å². The highest BCUT2D eigenvalue weighted by Crippen LogP contribution is 2.37. The maximum atomic E-state index is 12.7. The topological polar surface area (TPSA) is 83.4 Å². The Hall–Kier alpha value is -2.28. The number of hydrogen-bond acceptors (Lipinski definition) is 5. The van der Waals surface area contributed by atoms with Crippen LogP contribution in [0.4, 0.5) is 0 Å². The molecule has 0 saturated heterocycles. The van der Waals surface area contributed by atoms with E-state index < -0.39 is 5.97 Å². The molecule has 6 nitrogen and oxygen atoms in total. The van der Waals surface area contributed by atoms with Gasteiger partial charge >= 0.3 is 5.97 Å². The van der Waals surface area contributed by atoms with Crippen LogP contribution in [0.2, 0.25) is 0 Å². The molecule has 1 atom stereocenters. The third-order valence-corrected chi connectivity index (χ3v) is 5.16. The first kappa shape index (κ1) is 15.6. The van der Waals surface area contributed by atoms with Gasteiger partial charge in [0.05, 0.1) is 27.2 Å². The molecule has 0 spiro atoms. The van der Waals surface area contributed by atoms with Crippen molar-refractivity contribution in [2.75, 3.05) is 7.05 Å². The Morgan fingerprint density at radius 1 is 1.43 bits per heavy atom. The molecule has 2 aromatic heterocycles. The molecular formula is C16H17N3O3S. The number of pyridine rings is 1. The monoisotopic (exact) mass is 331 g/mol. The van der Waals surface area contributed by atoms with Gasteiger partial charge in [-0.15, -0.1) is 11.3 Å². The highest BCUT2D eigenvalue weighted by Gasteiger charge is 2.30. The lowest BCUT2D eigenvalue weighted by molar-refractivity contribution is 0.0696. The normalized spacial score (nSPS) is 16.7. The summed E-state index contributed by atoms with van der Waals surface area (Å²) in [6.07, 6.45) is 4.18. The number of aromatic nitrogens is 2. The number of rotatable bonds is 3. The standard InChI is InChI=1S/C16H17N3O3S/c1-9-18-11-4-3-5-13(14(11)23-9)19(2)15(20)12-8-10(16(21)22)6-7-17-12/h6-8,13H,3-5H2,1-2H3,(H,21,22). The molecule has 0 fully saturated rings. The Bertz CT molecular complexity index is 772. The second kappa shape index (κ2) is 6.08. The highest BCUT2D eigenvalue weighted by molar-refractivity contribution is 7.11. The van der Waals surface area contributed by atoms with Crippen LogP contribution in [0.5, 0.6) is 0 Å². The predicted molar refractivity (Wildman–Crippen MR) is 85.8 cm³/mol. The van der Waals surface area contributed by atoms with Gasteiger partial charge in [-0.2, -0.15) is 0 Å². The first-order valence-electron chi connectivity index (χ1n) is 7.40. The minimum atomic E-state index is -1.07. The molecule has 1 unspecified atom stereocenters. The van der Waals surface area contributed by atoms with E-state index in [0.717, 1.165) is 34.8 Å². The first-order chi connectivity index (χ1) is 11.0. The van der Waals surface area contributed by atoms with Gasteiger partial charge in [-0.25, -0.2) is 9.78 Å². The van der Waals surface area contributed by atoms with Crippen molar-refractivity contribution in [1.82, 2.24) is 14.9 Å². The number of carbonyl (C=O) groups excluding carboxylic acids is 1. The fraction of sp³-hybridized carbons (Fsp3) is 0.375. The number of carbonyl (C=O) groups is 2. The fourth-order valence-corrected chi connectivity index (χ4v) is 4.04. The van der Waals surface area contributed by atoms with Crippen molar-refractivity contribution in [2.24, 2.45) is 0 Å². The van der Waals surface area contributed by atoms with E-state index in [0.29, 0.717) is 0 Å². The van der Waals surface area contributed by atoms with Crippen molar-refractivity contribution < 1.29 is 14.7 Å². The van der Waals surface area contributed by atoms with Crippen LogP contribution < -0.4 is 0 Å². The molecule has 3 rings (SSSR count). The van der Waals surface area contributed by atoms with Gasteiger partial charge in [0, 0.05) is 13.2 Å². The van der Waals surface area contributed by atoms with E-state index in [1.807, 2.05) is 6.92 Å². The smallest absolute Gasteiger partial charge is 0.335 e. The predicted octanol–water partition coefficient (Wildman–Crippen LogP) is 2.69. The molecular weight excluding hydrogens is 314 g/mol. The Labute approximate surface area is 137 Å². The van der Waals surface area contributed by atoms with Crippen LogP contribution in [0.1, 0.15) is 55.3 Å². The van der Waals surface area contributed by atoms with E-state index in [1.165, 1.54) is 18.3 Å². The van der Waals surface area contributed by atoms with Crippen LogP contribution in [0.25, 0.3) is 0 Å². The molecule has 120 valence electrons. The van der Waals surface area contributed by atoms with E-state index in [9.17, 15) is 9.59 Å². The summed E-state index contributed by atoms with van der Waals surface area (Å²) >= 11 is 1.63. The van der Waals surface area contributed by atoms with Gasteiger partial charge < -0.3 is 10.0 Å². The molecule has 1 N–H and O–H groups in total. The molecule has 7 heteroatoms. The number of aromatic carboxylic acids is 1. The second-order valence-corrected chi connectivity index (χ2v) is 6.84. The third-order valence-electron chi connectivity index (χ3n) is 4.04. The average molecular weight is 331 g/mol. The van der Waals surface area contributed by atoms with Crippen LogP contribution in [0, 0.1) is 6.92 Å². The Morgan fingerprint density at radius 2 is 2.22 bits per heavy atom. The molecule has 0 bridgehead atoms. The summed E-state index contributed by atoms with van der Waals surface area (Å²) in [5, 5.41) is 10.1. The number of carboxylic acid groups (broad SMARTS) is 1. The summed E-state index contributed by atoms with van der Waals surface area (Å²) in [5.41, 5.74) is 1.30. The number of fused-ring (bicyclic) bond motifs is 1. The van der Waals surface area contributed by atoms with E-state index in [4.69, 9.17) is 5.11 Å². The van der Waals surface area contributed by atoms with Gasteiger partial charge in [0.1, 0.15) is 5.69 Å². The summed E-state index contributed by atoms with van der Waals surface area (Å²) in [4.78, 5) is 35.1. The molecule has 1 aliphatic rings. The van der Waals surface area contributed by atoms with Gasteiger partial charge in [-0.3, -0.25) is 9.78 Å². The Morgan fingerprint density at radius 3 is 2.96 bits per heavy atom. The van der Waals surface area contributed by atoms with Gasteiger partial charge in [-0.05, 0) is 38.3 Å². The molecule has 0 aliphatic heterocycles. The number of thiazole rings is 1. The van der Waals surface area contributed by atoms with Gasteiger partial charge in [-0.1, -0.05) is 0 Å². The summed E-state index contributed by atoms with van der Waals surface area (Å²) in [5.74, 6) is -1.33. The molecule has 2 heterocycles. The van der Waals surface area contributed by atoms with Crippen molar-refractivity contribution in [1.29, 1.82) is 0 Å². The summed E-state index contributed by atoms with van der Waals surface area (Å²) in [6, 6.07) is 2.68. The van der Waals surface area contributed by atoms with E-state index in [1.54, 1.807) is 23.3 Å². The van der Waals surface area contributed by atoms with Gasteiger partial charge in [0.15, 0.2) is 0 Å². The highest BCUT2D eigenvalue weighted by atomic mass is 32.1. The minimum absolute atomic E-state index is 0.0206. The van der Waals surface area contributed by atoms with Crippen molar-refractivity contribution in [3.05, 3.63) is 45.2 Å². The maximum Gasteiger partial charge on any atom is 0.335 e. The SMILES string of the molecule is Cc1nc2c(s1)C(N(C)C(=O)c1cc(C(=O)O)ccn1)CCC2. The summed E-state index contributed by atoms with van der Waals surface area (Å²) < 4.78 is 0. The number of carboxylic acids is 1.